The van der Waals surface area contributed by atoms with Crippen LogP contribution < -0.4 is 5.73 Å². The molecular weight excluding hydrogens is 277 g/mol. The summed E-state index contributed by atoms with van der Waals surface area (Å²) >= 11 is 5.76. The number of alkyl halides is 3. The maximum atomic E-state index is 12.4. The highest BCUT2D eigenvalue weighted by molar-refractivity contribution is 6.30. The van der Waals surface area contributed by atoms with Gasteiger partial charge >= 0.3 is 6.18 Å². The Morgan fingerprint density at radius 1 is 1.00 bits per heavy atom. The van der Waals surface area contributed by atoms with Crippen LogP contribution >= 0.6 is 11.6 Å². The Hall–Kier alpha value is -1.59. The highest BCUT2D eigenvalue weighted by atomic mass is 35.5. The fraction of sp³-hybridized carbons (Fsp3) is 0.154. The van der Waals surface area contributed by atoms with Crippen LogP contribution in [0.25, 0.3) is 0 Å². The van der Waals surface area contributed by atoms with Crippen molar-refractivity contribution in [3.63, 3.8) is 0 Å². The van der Waals surface area contributed by atoms with Crippen molar-refractivity contribution in [1.82, 2.24) is 4.98 Å². The second-order valence-corrected chi connectivity index (χ2v) is 4.44. The van der Waals surface area contributed by atoms with Crippen LogP contribution in [0.3, 0.4) is 0 Å². The van der Waals surface area contributed by atoms with E-state index in [9.17, 15) is 13.2 Å². The van der Waals surface area contributed by atoms with Crippen LogP contribution in [0.1, 0.15) is 22.9 Å². The molecule has 0 aliphatic heterocycles. The molecule has 6 heteroatoms. The number of pyridine rings is 1. The van der Waals surface area contributed by atoms with Crippen molar-refractivity contribution in [3.8, 4) is 0 Å². The minimum absolute atomic E-state index is 0.510. The number of hydrogen-bond acceptors (Lipinski definition) is 2. The second-order valence-electron chi connectivity index (χ2n) is 4.00. The summed E-state index contributed by atoms with van der Waals surface area (Å²) in [6, 6.07) is 8.52. The first-order valence-electron chi connectivity index (χ1n) is 5.42. The first-order chi connectivity index (χ1) is 8.88. The van der Waals surface area contributed by atoms with Crippen LogP contribution in [0.2, 0.25) is 5.02 Å². The number of hydrogen-bond donors (Lipinski definition) is 1. The number of nitrogens with two attached hydrogens (primary N) is 1. The number of benzene rings is 1. The standard InChI is InChI=1S/C13H10ClF3N2/c14-10-4-1-8(2-5-10)12(18)9-3-6-11(19-7-9)13(15,16)17/h1-7,12H,18H2. The van der Waals surface area contributed by atoms with Gasteiger partial charge in [-0.2, -0.15) is 13.2 Å². The van der Waals surface area contributed by atoms with Crippen molar-refractivity contribution in [2.75, 3.05) is 0 Å². The molecule has 0 saturated carbocycles. The van der Waals surface area contributed by atoms with Crippen molar-refractivity contribution < 1.29 is 13.2 Å². The predicted octanol–water partition coefficient (Wildman–Crippen LogP) is 3.80. The van der Waals surface area contributed by atoms with Crippen LogP contribution in [0.4, 0.5) is 13.2 Å². The van der Waals surface area contributed by atoms with Crippen LogP contribution in [-0.2, 0) is 6.18 Å². The smallest absolute Gasteiger partial charge is 0.320 e. The largest absolute Gasteiger partial charge is 0.433 e. The molecule has 0 spiro atoms. The number of halogens is 4. The van der Waals surface area contributed by atoms with E-state index in [1.165, 1.54) is 6.07 Å². The van der Waals surface area contributed by atoms with E-state index in [-0.39, 0.29) is 0 Å². The summed E-state index contributed by atoms with van der Waals surface area (Å²) in [5, 5.41) is 0.571. The van der Waals surface area contributed by atoms with Crippen LogP contribution in [0.15, 0.2) is 42.6 Å². The Balaban J connectivity index is 2.25. The monoisotopic (exact) mass is 286 g/mol. The van der Waals surface area contributed by atoms with E-state index in [1.54, 1.807) is 24.3 Å². The highest BCUT2D eigenvalue weighted by Gasteiger charge is 2.32. The van der Waals surface area contributed by atoms with Crippen molar-refractivity contribution in [2.24, 2.45) is 5.73 Å². The van der Waals surface area contributed by atoms with E-state index in [0.29, 0.717) is 10.6 Å². The zero-order valence-corrected chi connectivity index (χ0v) is 10.4. The predicted molar refractivity (Wildman–Crippen MR) is 66.7 cm³/mol. The van der Waals surface area contributed by atoms with Gasteiger partial charge < -0.3 is 5.73 Å². The molecule has 2 aromatic rings. The summed E-state index contributed by atoms with van der Waals surface area (Å²) < 4.78 is 37.1. The number of nitrogens with zero attached hydrogens (tertiary/aromatic N) is 1. The molecule has 0 radical (unpaired) electrons. The van der Waals surface area contributed by atoms with Gasteiger partial charge in [0.1, 0.15) is 5.69 Å². The summed E-state index contributed by atoms with van der Waals surface area (Å²) in [5.74, 6) is 0. The molecule has 0 amide bonds. The molecule has 2 nitrogen and oxygen atoms in total. The van der Waals surface area contributed by atoms with Gasteiger partial charge in [-0.05, 0) is 29.3 Å². The fourth-order valence-electron chi connectivity index (χ4n) is 1.62. The molecule has 0 aliphatic rings. The van der Waals surface area contributed by atoms with Gasteiger partial charge in [0, 0.05) is 11.2 Å². The zero-order chi connectivity index (χ0) is 14.0. The van der Waals surface area contributed by atoms with Gasteiger partial charge in [-0.25, -0.2) is 0 Å². The van der Waals surface area contributed by atoms with E-state index in [2.05, 4.69) is 4.98 Å². The van der Waals surface area contributed by atoms with Crippen LogP contribution in [-0.4, -0.2) is 4.98 Å². The zero-order valence-electron chi connectivity index (χ0n) is 9.66. The molecule has 19 heavy (non-hydrogen) atoms. The molecule has 1 unspecified atom stereocenters. The maximum Gasteiger partial charge on any atom is 0.433 e. The molecule has 100 valence electrons. The summed E-state index contributed by atoms with van der Waals surface area (Å²) in [5.41, 5.74) is 6.30. The minimum Gasteiger partial charge on any atom is -0.320 e. The lowest BCUT2D eigenvalue weighted by atomic mass is 10.0. The fourth-order valence-corrected chi connectivity index (χ4v) is 1.75. The molecule has 0 aliphatic carbocycles. The molecule has 0 fully saturated rings. The van der Waals surface area contributed by atoms with Gasteiger partial charge in [-0.3, -0.25) is 4.98 Å². The average Bonchev–Trinajstić information content (AvgIpc) is 2.38. The summed E-state index contributed by atoms with van der Waals surface area (Å²) in [6.45, 7) is 0. The van der Waals surface area contributed by atoms with E-state index in [4.69, 9.17) is 17.3 Å². The Morgan fingerprint density at radius 3 is 2.05 bits per heavy atom. The molecule has 2 N–H and O–H groups in total. The van der Waals surface area contributed by atoms with Gasteiger partial charge in [0.25, 0.3) is 0 Å². The highest BCUT2D eigenvalue weighted by Crippen LogP contribution is 2.28. The third kappa shape index (κ3) is 3.24. The molecule has 0 bridgehead atoms. The lowest BCUT2D eigenvalue weighted by Gasteiger charge is -2.13. The normalized spacial score (nSPS) is 13.3. The molecule has 1 heterocycles. The average molecular weight is 287 g/mol. The summed E-state index contributed by atoms with van der Waals surface area (Å²) in [6.07, 6.45) is -3.30. The van der Waals surface area contributed by atoms with Crippen molar-refractivity contribution in [2.45, 2.75) is 12.2 Å². The molecular formula is C13H10ClF3N2. The summed E-state index contributed by atoms with van der Waals surface area (Å²) in [4.78, 5) is 3.38. The van der Waals surface area contributed by atoms with E-state index < -0.39 is 17.9 Å². The van der Waals surface area contributed by atoms with Crippen molar-refractivity contribution in [1.29, 1.82) is 0 Å². The molecule has 1 atom stereocenters. The Kier molecular flexibility index (Phi) is 3.78. The third-order valence-electron chi connectivity index (χ3n) is 2.67. The second kappa shape index (κ2) is 5.19. The molecule has 2 rings (SSSR count). The van der Waals surface area contributed by atoms with E-state index in [0.717, 1.165) is 17.8 Å². The lowest BCUT2D eigenvalue weighted by Crippen LogP contribution is -2.14. The number of rotatable bonds is 2. The Morgan fingerprint density at radius 2 is 1.58 bits per heavy atom. The minimum atomic E-state index is -4.44. The number of aromatic nitrogens is 1. The third-order valence-corrected chi connectivity index (χ3v) is 2.92. The first kappa shape index (κ1) is 13.8. The van der Waals surface area contributed by atoms with Gasteiger partial charge in [0.05, 0.1) is 6.04 Å². The first-order valence-corrected chi connectivity index (χ1v) is 5.80. The summed E-state index contributed by atoms with van der Waals surface area (Å²) in [7, 11) is 0. The van der Waals surface area contributed by atoms with Crippen LogP contribution in [0, 0.1) is 0 Å². The van der Waals surface area contributed by atoms with Gasteiger partial charge in [-0.1, -0.05) is 29.8 Å². The quantitative estimate of drug-likeness (QED) is 0.912. The van der Waals surface area contributed by atoms with Crippen molar-refractivity contribution >= 4 is 11.6 Å². The van der Waals surface area contributed by atoms with Crippen molar-refractivity contribution in [3.05, 3.63) is 64.4 Å². The van der Waals surface area contributed by atoms with E-state index in [1.807, 2.05) is 0 Å². The lowest BCUT2D eigenvalue weighted by molar-refractivity contribution is -0.141. The SMILES string of the molecule is NC(c1ccc(Cl)cc1)c1ccc(C(F)(F)F)nc1. The van der Waals surface area contributed by atoms with Gasteiger partial charge in [-0.15, -0.1) is 0 Å². The van der Waals surface area contributed by atoms with E-state index >= 15 is 0 Å². The van der Waals surface area contributed by atoms with Gasteiger partial charge in [0.15, 0.2) is 0 Å². The molecule has 0 saturated heterocycles. The van der Waals surface area contributed by atoms with Gasteiger partial charge in [0.2, 0.25) is 0 Å². The topological polar surface area (TPSA) is 38.9 Å². The van der Waals surface area contributed by atoms with Crippen LogP contribution in [0.5, 0.6) is 0 Å². The Labute approximate surface area is 113 Å². The molecule has 1 aromatic carbocycles. The Bertz CT molecular complexity index is 550. The maximum absolute atomic E-state index is 12.4. The molecule has 1 aromatic heterocycles.